The monoisotopic (exact) mass is 427 g/mol. The number of phenolic OH excluding ortho intramolecular Hbond substituents is 1. The Morgan fingerprint density at radius 3 is 2.77 bits per heavy atom. The van der Waals surface area contributed by atoms with Crippen LogP contribution in [0.2, 0.25) is 0 Å². The molecule has 0 bridgehead atoms. The van der Waals surface area contributed by atoms with Crippen LogP contribution in [-0.2, 0) is 0 Å². The summed E-state index contributed by atoms with van der Waals surface area (Å²) in [6, 6.07) is 19.7. The standard InChI is InChI=1S/C23H17N5O2S/c1-14-4-2-7-22(25-14)28-20(15-8-9-18-21(10-15)31-13-24-18)12-19(27-28)23(30)26-16-5-3-6-17(29)11-16/h2-13,29H,1H3,(H,26,30). The van der Waals surface area contributed by atoms with Crippen molar-refractivity contribution in [1.29, 1.82) is 0 Å². The van der Waals surface area contributed by atoms with Crippen LogP contribution < -0.4 is 5.32 Å². The molecule has 0 atom stereocenters. The van der Waals surface area contributed by atoms with Crippen molar-refractivity contribution in [2.45, 2.75) is 6.92 Å². The fourth-order valence-corrected chi connectivity index (χ4v) is 4.03. The van der Waals surface area contributed by atoms with Gasteiger partial charge in [0.05, 0.1) is 21.4 Å². The molecule has 152 valence electrons. The number of aryl methyl sites for hydroxylation is 1. The van der Waals surface area contributed by atoms with Crippen LogP contribution in [0.3, 0.4) is 0 Å². The molecule has 0 saturated heterocycles. The summed E-state index contributed by atoms with van der Waals surface area (Å²) >= 11 is 1.56. The Labute approximate surface area is 181 Å². The van der Waals surface area contributed by atoms with Crippen LogP contribution in [0, 0.1) is 6.92 Å². The molecule has 0 fully saturated rings. The second-order valence-electron chi connectivity index (χ2n) is 7.00. The normalized spacial score (nSPS) is 11.0. The van der Waals surface area contributed by atoms with E-state index in [-0.39, 0.29) is 17.4 Å². The number of thiazole rings is 1. The summed E-state index contributed by atoms with van der Waals surface area (Å²) in [6.07, 6.45) is 0. The molecule has 3 heterocycles. The Balaban J connectivity index is 1.60. The van der Waals surface area contributed by atoms with Gasteiger partial charge in [0.2, 0.25) is 0 Å². The summed E-state index contributed by atoms with van der Waals surface area (Å²) in [5.41, 5.74) is 5.96. The Bertz CT molecular complexity index is 1420. The van der Waals surface area contributed by atoms with Crippen LogP contribution in [0.15, 0.2) is 72.2 Å². The van der Waals surface area contributed by atoms with Gasteiger partial charge in [-0.3, -0.25) is 4.79 Å². The van der Waals surface area contributed by atoms with E-state index in [1.807, 2.05) is 48.8 Å². The van der Waals surface area contributed by atoms with E-state index in [2.05, 4.69) is 20.4 Å². The van der Waals surface area contributed by atoms with Crippen LogP contribution in [0.25, 0.3) is 27.3 Å². The van der Waals surface area contributed by atoms with Gasteiger partial charge in [-0.05, 0) is 49.4 Å². The number of nitrogens with one attached hydrogen (secondary N) is 1. The third-order valence-electron chi connectivity index (χ3n) is 4.76. The molecule has 0 aliphatic carbocycles. The van der Waals surface area contributed by atoms with Gasteiger partial charge in [0.1, 0.15) is 5.75 Å². The van der Waals surface area contributed by atoms with E-state index in [1.165, 1.54) is 6.07 Å². The molecule has 8 heteroatoms. The van der Waals surface area contributed by atoms with Gasteiger partial charge in [-0.2, -0.15) is 5.10 Å². The molecular weight excluding hydrogens is 410 g/mol. The van der Waals surface area contributed by atoms with Crippen molar-refractivity contribution < 1.29 is 9.90 Å². The topological polar surface area (TPSA) is 92.9 Å². The van der Waals surface area contributed by atoms with Crippen molar-refractivity contribution in [3.8, 4) is 22.8 Å². The minimum Gasteiger partial charge on any atom is -0.508 e. The highest BCUT2D eigenvalue weighted by atomic mass is 32.1. The van der Waals surface area contributed by atoms with E-state index in [0.717, 1.165) is 27.2 Å². The molecule has 2 N–H and O–H groups in total. The Hall–Kier alpha value is -4.04. The van der Waals surface area contributed by atoms with E-state index in [1.54, 1.807) is 40.3 Å². The summed E-state index contributed by atoms with van der Waals surface area (Å²) in [6.45, 7) is 1.91. The van der Waals surface area contributed by atoms with Crippen molar-refractivity contribution >= 4 is 33.1 Å². The molecule has 0 saturated carbocycles. The number of pyridine rings is 1. The van der Waals surface area contributed by atoms with Crippen LogP contribution in [0.4, 0.5) is 5.69 Å². The summed E-state index contributed by atoms with van der Waals surface area (Å²) in [5, 5.41) is 17.0. The van der Waals surface area contributed by atoms with Gasteiger partial charge in [0, 0.05) is 23.0 Å². The zero-order chi connectivity index (χ0) is 21.4. The fourth-order valence-electron chi connectivity index (χ4n) is 3.31. The first-order valence-electron chi connectivity index (χ1n) is 9.55. The average Bonchev–Trinajstić information content (AvgIpc) is 3.40. The van der Waals surface area contributed by atoms with E-state index < -0.39 is 0 Å². The van der Waals surface area contributed by atoms with Crippen LogP contribution in [-0.4, -0.2) is 30.8 Å². The molecule has 0 aliphatic rings. The molecule has 1 amide bonds. The Kier molecular flexibility index (Phi) is 4.68. The van der Waals surface area contributed by atoms with Gasteiger partial charge in [0.25, 0.3) is 5.91 Å². The number of carbonyl (C=O) groups excluding carboxylic acids is 1. The maximum absolute atomic E-state index is 12.9. The third-order valence-corrected chi connectivity index (χ3v) is 5.56. The van der Waals surface area contributed by atoms with E-state index >= 15 is 0 Å². The first kappa shape index (κ1) is 19.0. The summed E-state index contributed by atoms with van der Waals surface area (Å²) in [4.78, 5) is 21.8. The van der Waals surface area contributed by atoms with Gasteiger partial charge in [-0.25, -0.2) is 14.6 Å². The average molecular weight is 427 g/mol. The van der Waals surface area contributed by atoms with Crippen molar-refractivity contribution in [1.82, 2.24) is 19.7 Å². The number of aromatic nitrogens is 4. The lowest BCUT2D eigenvalue weighted by Crippen LogP contribution is -2.13. The second kappa shape index (κ2) is 7.66. The SMILES string of the molecule is Cc1cccc(-n2nc(C(=O)Nc3cccc(O)c3)cc2-c2ccc3ncsc3c2)n1. The largest absolute Gasteiger partial charge is 0.508 e. The van der Waals surface area contributed by atoms with Gasteiger partial charge < -0.3 is 10.4 Å². The van der Waals surface area contributed by atoms with Crippen molar-refractivity contribution in [2.24, 2.45) is 0 Å². The van der Waals surface area contributed by atoms with Crippen LogP contribution >= 0.6 is 11.3 Å². The number of carbonyl (C=O) groups is 1. The number of amides is 1. The number of aromatic hydroxyl groups is 1. The number of hydrogen-bond acceptors (Lipinski definition) is 6. The summed E-state index contributed by atoms with van der Waals surface area (Å²) in [7, 11) is 0. The molecule has 31 heavy (non-hydrogen) atoms. The quantitative estimate of drug-likeness (QED) is 0.429. The first-order valence-corrected chi connectivity index (χ1v) is 10.4. The highest BCUT2D eigenvalue weighted by molar-refractivity contribution is 7.16. The maximum atomic E-state index is 12.9. The molecule has 2 aromatic carbocycles. The number of phenols is 1. The molecule has 7 nitrogen and oxygen atoms in total. The van der Waals surface area contributed by atoms with Crippen LogP contribution in [0.5, 0.6) is 5.75 Å². The molecule has 0 radical (unpaired) electrons. The second-order valence-corrected chi connectivity index (χ2v) is 7.89. The number of anilines is 1. The van der Waals surface area contributed by atoms with Gasteiger partial charge in [-0.1, -0.05) is 18.2 Å². The Morgan fingerprint density at radius 2 is 1.94 bits per heavy atom. The van der Waals surface area contributed by atoms with E-state index in [9.17, 15) is 9.90 Å². The van der Waals surface area contributed by atoms with Gasteiger partial charge in [0.15, 0.2) is 11.5 Å². The summed E-state index contributed by atoms with van der Waals surface area (Å²) < 4.78 is 2.72. The van der Waals surface area contributed by atoms with Crippen LogP contribution in [0.1, 0.15) is 16.2 Å². The first-order chi connectivity index (χ1) is 15.1. The Morgan fingerprint density at radius 1 is 1.06 bits per heavy atom. The zero-order valence-corrected chi connectivity index (χ0v) is 17.3. The number of nitrogens with zero attached hydrogens (tertiary/aromatic N) is 4. The lowest BCUT2D eigenvalue weighted by molar-refractivity contribution is 0.102. The number of rotatable bonds is 4. The van der Waals surface area contributed by atoms with Crippen molar-refractivity contribution in [3.63, 3.8) is 0 Å². The predicted octanol–water partition coefficient (Wildman–Crippen LogP) is 4.81. The minimum absolute atomic E-state index is 0.0749. The minimum atomic E-state index is -0.378. The van der Waals surface area contributed by atoms with Gasteiger partial charge >= 0.3 is 0 Å². The highest BCUT2D eigenvalue weighted by Crippen LogP contribution is 2.29. The number of hydrogen-bond donors (Lipinski definition) is 2. The lowest BCUT2D eigenvalue weighted by Gasteiger charge is -2.07. The molecule has 5 aromatic rings. The van der Waals surface area contributed by atoms with Crippen molar-refractivity contribution in [2.75, 3.05) is 5.32 Å². The smallest absolute Gasteiger partial charge is 0.276 e. The van der Waals surface area contributed by atoms with Crippen molar-refractivity contribution in [3.05, 3.63) is 83.6 Å². The van der Waals surface area contributed by atoms with E-state index in [0.29, 0.717) is 11.5 Å². The molecule has 0 unspecified atom stereocenters. The molecule has 3 aromatic heterocycles. The highest BCUT2D eigenvalue weighted by Gasteiger charge is 2.18. The van der Waals surface area contributed by atoms with E-state index in [4.69, 9.17) is 0 Å². The molecule has 0 aliphatic heterocycles. The third kappa shape index (κ3) is 3.76. The van der Waals surface area contributed by atoms with Gasteiger partial charge in [-0.15, -0.1) is 11.3 Å². The number of benzene rings is 2. The fraction of sp³-hybridized carbons (Fsp3) is 0.0435. The number of fused-ring (bicyclic) bond motifs is 1. The lowest BCUT2D eigenvalue weighted by atomic mass is 10.1. The predicted molar refractivity (Wildman–Crippen MR) is 121 cm³/mol. The molecule has 5 rings (SSSR count). The maximum Gasteiger partial charge on any atom is 0.276 e. The zero-order valence-electron chi connectivity index (χ0n) is 16.5. The summed E-state index contributed by atoms with van der Waals surface area (Å²) in [5.74, 6) is 0.318. The molecule has 0 spiro atoms. The molecular formula is C23H17N5O2S.